The number of hydrogen-bond donors (Lipinski definition) is 1. The number of nitrogens with one attached hydrogen (secondary N) is 1. The van der Waals surface area contributed by atoms with Gasteiger partial charge in [-0.25, -0.2) is 0 Å². The summed E-state index contributed by atoms with van der Waals surface area (Å²) in [6.07, 6.45) is 3.72. The lowest BCUT2D eigenvalue weighted by atomic mass is 10.2. The maximum atomic E-state index is 12.2. The van der Waals surface area contributed by atoms with Crippen molar-refractivity contribution in [3.05, 3.63) is 62.1 Å². The van der Waals surface area contributed by atoms with E-state index in [1.165, 1.54) is 0 Å². The molecule has 2 aromatic heterocycles. The molecule has 0 spiro atoms. The summed E-state index contributed by atoms with van der Waals surface area (Å²) in [6, 6.07) is 5.44. The first-order valence-electron chi connectivity index (χ1n) is 8.29. The van der Waals surface area contributed by atoms with E-state index in [1.807, 2.05) is 24.6 Å². The van der Waals surface area contributed by atoms with Crippen LogP contribution in [0.15, 0.2) is 35.1 Å². The van der Waals surface area contributed by atoms with Crippen LogP contribution >= 0.6 is 39.1 Å². The summed E-state index contributed by atoms with van der Waals surface area (Å²) in [5, 5.41) is 12.6. The number of carbonyl (C=O) groups excluding carboxylic acids is 1. The normalized spacial score (nSPS) is 11.0. The van der Waals surface area contributed by atoms with E-state index in [2.05, 4.69) is 31.4 Å². The fourth-order valence-electron chi connectivity index (χ4n) is 2.66. The molecule has 6 nitrogen and oxygen atoms in total. The zero-order valence-corrected chi connectivity index (χ0v) is 17.9. The molecule has 1 amide bonds. The number of aromatic nitrogens is 4. The van der Waals surface area contributed by atoms with E-state index < -0.39 is 0 Å². The highest BCUT2D eigenvalue weighted by Gasteiger charge is 2.11. The quantitative estimate of drug-likeness (QED) is 0.560. The average Bonchev–Trinajstić information content (AvgIpc) is 3.16. The van der Waals surface area contributed by atoms with E-state index in [-0.39, 0.29) is 5.91 Å². The van der Waals surface area contributed by atoms with Gasteiger partial charge in [0.2, 0.25) is 5.91 Å². The highest BCUT2D eigenvalue weighted by Crippen LogP contribution is 2.23. The molecule has 27 heavy (non-hydrogen) atoms. The Balaban J connectivity index is 1.55. The first-order chi connectivity index (χ1) is 12.8. The molecule has 0 atom stereocenters. The molecule has 1 aromatic carbocycles. The van der Waals surface area contributed by atoms with Gasteiger partial charge in [-0.05, 0) is 47.5 Å². The summed E-state index contributed by atoms with van der Waals surface area (Å²) in [5.74, 6) is -0.0900. The van der Waals surface area contributed by atoms with Gasteiger partial charge in [0.25, 0.3) is 0 Å². The summed E-state index contributed by atoms with van der Waals surface area (Å²) in [4.78, 5) is 12.2. The number of aryl methyl sites for hydroxylation is 2. The number of nitrogens with zero attached hydrogens (tertiary/aromatic N) is 4. The summed E-state index contributed by atoms with van der Waals surface area (Å²) < 4.78 is 4.53. The molecule has 0 fully saturated rings. The third-order valence-corrected chi connectivity index (χ3v) is 5.98. The number of amides is 1. The number of benzene rings is 1. The molecule has 0 saturated heterocycles. The van der Waals surface area contributed by atoms with Gasteiger partial charge in [0, 0.05) is 18.3 Å². The van der Waals surface area contributed by atoms with Crippen molar-refractivity contribution in [3.8, 4) is 0 Å². The van der Waals surface area contributed by atoms with Crippen LogP contribution in [0.5, 0.6) is 0 Å². The molecule has 0 unspecified atom stereocenters. The fourth-order valence-corrected chi connectivity index (χ4v) is 3.27. The average molecular weight is 471 g/mol. The molecule has 0 radical (unpaired) electrons. The topological polar surface area (TPSA) is 64.7 Å². The minimum atomic E-state index is -0.0900. The SMILES string of the molecule is Cc1nn(CCC(=O)Nc2cnn(Cc3ccc(Cl)c(Cl)c3)c2)c(C)c1Br. The Morgan fingerprint density at radius 1 is 1.26 bits per heavy atom. The fraction of sp³-hybridized carbons (Fsp3) is 0.278. The summed E-state index contributed by atoms with van der Waals surface area (Å²) >= 11 is 15.4. The van der Waals surface area contributed by atoms with Crippen LogP contribution in [0.25, 0.3) is 0 Å². The molecule has 2 heterocycles. The molecular weight excluding hydrogens is 453 g/mol. The summed E-state index contributed by atoms with van der Waals surface area (Å²) in [6.45, 7) is 4.94. The van der Waals surface area contributed by atoms with E-state index in [1.54, 1.807) is 29.2 Å². The number of hydrogen-bond acceptors (Lipinski definition) is 3. The van der Waals surface area contributed by atoms with Gasteiger partial charge in [0.15, 0.2) is 0 Å². The van der Waals surface area contributed by atoms with Crippen molar-refractivity contribution >= 4 is 50.7 Å². The Bertz CT molecular complexity index is 982. The van der Waals surface area contributed by atoms with Crippen LogP contribution in [-0.2, 0) is 17.9 Å². The molecule has 0 aliphatic rings. The number of carbonyl (C=O) groups is 1. The molecule has 9 heteroatoms. The third-order valence-electron chi connectivity index (χ3n) is 4.09. The molecule has 142 valence electrons. The Labute approximate surface area is 175 Å². The first-order valence-corrected chi connectivity index (χ1v) is 9.84. The van der Waals surface area contributed by atoms with Crippen molar-refractivity contribution in [1.29, 1.82) is 0 Å². The van der Waals surface area contributed by atoms with Crippen LogP contribution in [0.2, 0.25) is 10.0 Å². The van der Waals surface area contributed by atoms with Gasteiger partial charge >= 0.3 is 0 Å². The zero-order chi connectivity index (χ0) is 19.6. The smallest absolute Gasteiger partial charge is 0.226 e. The molecule has 0 saturated carbocycles. The highest BCUT2D eigenvalue weighted by molar-refractivity contribution is 9.10. The predicted octanol–water partition coefficient (Wildman–Crippen LogP) is 4.84. The van der Waals surface area contributed by atoms with E-state index in [4.69, 9.17) is 23.2 Å². The highest BCUT2D eigenvalue weighted by atomic mass is 79.9. The van der Waals surface area contributed by atoms with Crippen molar-refractivity contribution in [2.24, 2.45) is 0 Å². The van der Waals surface area contributed by atoms with Gasteiger partial charge in [-0.15, -0.1) is 0 Å². The van der Waals surface area contributed by atoms with E-state index in [0.717, 1.165) is 21.4 Å². The minimum absolute atomic E-state index is 0.0900. The Kier molecular flexibility index (Phi) is 6.24. The summed E-state index contributed by atoms with van der Waals surface area (Å²) in [5.41, 5.74) is 3.54. The third kappa shape index (κ3) is 4.91. The van der Waals surface area contributed by atoms with Gasteiger partial charge in [-0.3, -0.25) is 14.2 Å². The molecule has 1 N–H and O–H groups in total. The van der Waals surface area contributed by atoms with Gasteiger partial charge in [-0.2, -0.15) is 10.2 Å². The van der Waals surface area contributed by atoms with Gasteiger partial charge in [0.1, 0.15) is 0 Å². The van der Waals surface area contributed by atoms with E-state index in [0.29, 0.717) is 35.2 Å². The van der Waals surface area contributed by atoms with Crippen molar-refractivity contribution < 1.29 is 4.79 Å². The lowest BCUT2D eigenvalue weighted by molar-refractivity contribution is -0.116. The van der Waals surface area contributed by atoms with Crippen LogP contribution in [0.3, 0.4) is 0 Å². The number of anilines is 1. The van der Waals surface area contributed by atoms with Crippen molar-refractivity contribution in [1.82, 2.24) is 19.6 Å². The van der Waals surface area contributed by atoms with E-state index >= 15 is 0 Å². The number of rotatable bonds is 6. The largest absolute Gasteiger partial charge is 0.323 e. The second-order valence-electron chi connectivity index (χ2n) is 6.18. The van der Waals surface area contributed by atoms with Crippen LogP contribution < -0.4 is 5.32 Å². The van der Waals surface area contributed by atoms with Crippen molar-refractivity contribution in [2.45, 2.75) is 33.4 Å². The second-order valence-corrected chi connectivity index (χ2v) is 7.79. The standard InChI is InChI=1S/C18H18BrCl2N5O/c1-11-18(19)12(2)26(24-11)6-5-17(27)23-14-8-22-25(10-14)9-13-3-4-15(20)16(21)7-13/h3-4,7-8,10H,5-6,9H2,1-2H3,(H,23,27). The number of halogens is 3. The van der Waals surface area contributed by atoms with Crippen LogP contribution in [0, 0.1) is 13.8 Å². The van der Waals surface area contributed by atoms with E-state index in [9.17, 15) is 4.79 Å². The van der Waals surface area contributed by atoms with Gasteiger partial charge < -0.3 is 5.32 Å². The maximum absolute atomic E-state index is 12.2. The van der Waals surface area contributed by atoms with Crippen molar-refractivity contribution in [2.75, 3.05) is 5.32 Å². The molecule has 3 aromatic rings. The van der Waals surface area contributed by atoms with Crippen LogP contribution in [0.1, 0.15) is 23.4 Å². The lowest BCUT2D eigenvalue weighted by Gasteiger charge is -2.05. The predicted molar refractivity (Wildman–Crippen MR) is 110 cm³/mol. The Morgan fingerprint density at radius 3 is 2.70 bits per heavy atom. The Morgan fingerprint density at radius 2 is 2.04 bits per heavy atom. The first kappa shape index (κ1) is 19.9. The van der Waals surface area contributed by atoms with Gasteiger partial charge in [0.05, 0.1) is 45.2 Å². The maximum Gasteiger partial charge on any atom is 0.226 e. The van der Waals surface area contributed by atoms with Crippen LogP contribution in [-0.4, -0.2) is 25.5 Å². The Hall–Kier alpha value is -1.83. The zero-order valence-electron chi connectivity index (χ0n) is 14.8. The van der Waals surface area contributed by atoms with Crippen molar-refractivity contribution in [3.63, 3.8) is 0 Å². The molecule has 0 aliphatic heterocycles. The lowest BCUT2D eigenvalue weighted by Crippen LogP contribution is -2.15. The minimum Gasteiger partial charge on any atom is -0.323 e. The second kappa shape index (κ2) is 8.46. The molecule has 0 bridgehead atoms. The summed E-state index contributed by atoms with van der Waals surface area (Å²) in [7, 11) is 0. The molecular formula is C18H18BrCl2N5O. The molecule has 3 rings (SSSR count). The van der Waals surface area contributed by atoms with Crippen LogP contribution in [0.4, 0.5) is 5.69 Å². The monoisotopic (exact) mass is 469 g/mol. The van der Waals surface area contributed by atoms with Gasteiger partial charge in [-0.1, -0.05) is 29.3 Å². The molecule has 0 aliphatic carbocycles.